The van der Waals surface area contributed by atoms with Crippen molar-refractivity contribution in [2.45, 2.75) is 78.7 Å². The summed E-state index contributed by atoms with van der Waals surface area (Å²) in [4.78, 5) is 25.5. The highest BCUT2D eigenvalue weighted by Crippen LogP contribution is 2.56. The lowest BCUT2D eigenvalue weighted by atomic mass is 9.59. The van der Waals surface area contributed by atoms with Crippen molar-refractivity contribution in [1.82, 2.24) is 0 Å². The fraction of sp³-hybridized carbons (Fsp3) is 0.429. The molecule has 4 N–H and O–H groups in total. The number of ketones is 2. The van der Waals surface area contributed by atoms with E-state index in [4.69, 9.17) is 0 Å². The second-order valence-corrected chi connectivity index (χ2v) is 13.6. The summed E-state index contributed by atoms with van der Waals surface area (Å²) in [6.45, 7) is 16.2. The summed E-state index contributed by atoms with van der Waals surface area (Å²) in [5.41, 5.74) is 3.26. The summed E-state index contributed by atoms with van der Waals surface area (Å²) in [7, 11) is 0. The number of aliphatic hydroxyl groups excluding tert-OH is 2. The van der Waals surface area contributed by atoms with Crippen LogP contribution < -0.4 is 0 Å². The van der Waals surface area contributed by atoms with Crippen LogP contribution in [0, 0.1) is 17.3 Å². The van der Waals surface area contributed by atoms with Gasteiger partial charge in [0.1, 0.15) is 22.8 Å². The van der Waals surface area contributed by atoms with Gasteiger partial charge in [0.25, 0.3) is 0 Å². The number of benzene rings is 2. The first-order chi connectivity index (χ1) is 19.1. The Morgan fingerprint density at radius 1 is 1.10 bits per heavy atom. The SMILES string of the molecule is C=C1C2=C(O)[C@@]3(O)C(=O)C(C(C)=O)=C(O)C[C@H]3C[C@H]2Cc2c(C(C)C)cc(-c3ccc(CC(C)(C)C)cc3)c(O)c21. The number of hydrogen-bond acceptors (Lipinski definition) is 6. The molecule has 0 heterocycles. The number of phenols is 1. The van der Waals surface area contributed by atoms with E-state index in [9.17, 15) is 30.0 Å². The van der Waals surface area contributed by atoms with Gasteiger partial charge in [-0.1, -0.05) is 65.5 Å². The second-order valence-electron chi connectivity index (χ2n) is 13.6. The number of hydrogen-bond donors (Lipinski definition) is 4. The maximum Gasteiger partial charge on any atom is 0.209 e. The second kappa shape index (κ2) is 9.73. The maximum atomic E-state index is 13.4. The molecule has 3 aliphatic carbocycles. The molecule has 6 heteroatoms. The molecule has 3 atom stereocenters. The molecule has 5 rings (SSSR count). The number of Topliss-reactive ketones (excluding diaryl/α,β-unsaturated/α-hetero) is 2. The standard InChI is InChI=1S/C35H40O6/c1-17(2)24-15-25(21-10-8-20(9-11-21)16-34(5,6)7)31(38)29-18(3)28-22(13-26(24)29)12-23-14-27(37)30(19(4)36)33(40)35(23,41)32(28)39/h8-11,15,17,22-23,37-39,41H,3,12-14,16H2,1-2,4-7H3/t22-,23+,35+/m0/s1. The number of aliphatic hydroxyl groups is 3. The van der Waals surface area contributed by atoms with E-state index in [1.807, 2.05) is 18.2 Å². The van der Waals surface area contributed by atoms with Crippen LogP contribution >= 0.6 is 0 Å². The molecule has 0 spiro atoms. The number of allylic oxidation sites excluding steroid dienone is 3. The monoisotopic (exact) mass is 556 g/mol. The minimum absolute atomic E-state index is 0.0442. The van der Waals surface area contributed by atoms with Crippen molar-refractivity contribution in [3.05, 3.63) is 81.8 Å². The summed E-state index contributed by atoms with van der Waals surface area (Å²) in [6.07, 6.45) is 1.62. The van der Waals surface area contributed by atoms with Gasteiger partial charge >= 0.3 is 0 Å². The Kier molecular flexibility index (Phi) is 6.85. The van der Waals surface area contributed by atoms with Gasteiger partial charge in [-0.25, -0.2) is 0 Å². The lowest BCUT2D eigenvalue weighted by molar-refractivity contribution is -0.144. The van der Waals surface area contributed by atoms with Crippen molar-refractivity contribution in [3.8, 4) is 16.9 Å². The van der Waals surface area contributed by atoms with Crippen LogP contribution in [0.5, 0.6) is 5.75 Å². The van der Waals surface area contributed by atoms with E-state index >= 15 is 0 Å². The smallest absolute Gasteiger partial charge is 0.209 e. The van der Waals surface area contributed by atoms with Gasteiger partial charge in [-0.3, -0.25) is 9.59 Å². The third kappa shape index (κ3) is 4.53. The summed E-state index contributed by atoms with van der Waals surface area (Å²) in [5.74, 6) is -3.42. The molecule has 0 fully saturated rings. The van der Waals surface area contributed by atoms with Crippen LogP contribution in [-0.4, -0.2) is 37.6 Å². The molecule has 0 bridgehead atoms. The Labute approximate surface area is 241 Å². The molecule has 0 amide bonds. The zero-order valence-corrected chi connectivity index (χ0v) is 24.8. The number of carbonyl (C=O) groups is 2. The molecule has 0 aromatic heterocycles. The highest BCUT2D eigenvalue weighted by atomic mass is 16.3. The van der Waals surface area contributed by atoms with Crippen LogP contribution in [0.15, 0.2) is 59.6 Å². The van der Waals surface area contributed by atoms with Gasteiger partial charge in [0.15, 0.2) is 11.4 Å². The number of rotatable bonds is 4. The Morgan fingerprint density at radius 3 is 2.29 bits per heavy atom. The minimum atomic E-state index is -2.34. The Morgan fingerprint density at radius 2 is 1.73 bits per heavy atom. The molecule has 41 heavy (non-hydrogen) atoms. The van der Waals surface area contributed by atoms with Gasteiger partial charge < -0.3 is 20.4 Å². The van der Waals surface area contributed by atoms with E-state index in [0.29, 0.717) is 35.1 Å². The van der Waals surface area contributed by atoms with Crippen molar-refractivity contribution >= 4 is 17.1 Å². The van der Waals surface area contributed by atoms with Gasteiger partial charge in [-0.2, -0.15) is 0 Å². The highest BCUT2D eigenvalue weighted by Gasteiger charge is 2.58. The first-order valence-corrected chi connectivity index (χ1v) is 14.4. The lowest BCUT2D eigenvalue weighted by Gasteiger charge is -2.47. The van der Waals surface area contributed by atoms with Crippen LogP contribution in [-0.2, 0) is 22.4 Å². The zero-order chi connectivity index (χ0) is 30.2. The number of carbonyl (C=O) groups excluding carboxylic acids is 2. The lowest BCUT2D eigenvalue weighted by Crippen LogP contribution is -2.56. The summed E-state index contributed by atoms with van der Waals surface area (Å²) in [5, 5.41) is 45.4. The minimum Gasteiger partial charge on any atom is -0.511 e. The van der Waals surface area contributed by atoms with Crippen LogP contribution in [0.2, 0.25) is 0 Å². The van der Waals surface area contributed by atoms with Gasteiger partial charge in [0.05, 0.1) is 0 Å². The van der Waals surface area contributed by atoms with Crippen molar-refractivity contribution in [2.24, 2.45) is 17.3 Å². The fourth-order valence-electron chi connectivity index (χ4n) is 7.15. The van der Waals surface area contributed by atoms with E-state index < -0.39 is 34.4 Å². The number of fused-ring (bicyclic) bond motifs is 3. The van der Waals surface area contributed by atoms with Crippen LogP contribution in [0.3, 0.4) is 0 Å². The molecular weight excluding hydrogens is 516 g/mol. The highest BCUT2D eigenvalue weighted by molar-refractivity contribution is 6.24. The molecule has 0 aliphatic heterocycles. The van der Waals surface area contributed by atoms with Gasteiger partial charge in [-0.05, 0) is 77.3 Å². The van der Waals surface area contributed by atoms with E-state index in [1.165, 1.54) is 5.56 Å². The molecule has 0 saturated heterocycles. The molecule has 0 unspecified atom stereocenters. The topological polar surface area (TPSA) is 115 Å². The third-order valence-corrected chi connectivity index (χ3v) is 8.98. The van der Waals surface area contributed by atoms with Gasteiger partial charge in [0, 0.05) is 29.0 Å². The fourth-order valence-corrected chi connectivity index (χ4v) is 7.15. The van der Waals surface area contributed by atoms with E-state index in [0.717, 1.165) is 30.0 Å². The Balaban J connectivity index is 1.66. The van der Waals surface area contributed by atoms with E-state index in [1.54, 1.807) is 0 Å². The molecule has 0 radical (unpaired) electrons. The largest absolute Gasteiger partial charge is 0.511 e. The Bertz CT molecular complexity index is 1550. The van der Waals surface area contributed by atoms with Crippen LogP contribution in [0.25, 0.3) is 16.7 Å². The molecular formula is C35H40O6. The Hall–Kier alpha value is -3.64. The predicted molar refractivity (Wildman–Crippen MR) is 160 cm³/mol. The average molecular weight is 557 g/mol. The van der Waals surface area contributed by atoms with Crippen molar-refractivity contribution in [3.63, 3.8) is 0 Å². The predicted octanol–water partition coefficient (Wildman–Crippen LogP) is 6.89. The van der Waals surface area contributed by atoms with Crippen LogP contribution in [0.4, 0.5) is 0 Å². The first-order valence-electron chi connectivity index (χ1n) is 14.4. The van der Waals surface area contributed by atoms with Gasteiger partial charge in [-0.15, -0.1) is 0 Å². The van der Waals surface area contributed by atoms with Gasteiger partial charge in [0.2, 0.25) is 5.78 Å². The molecule has 3 aliphatic rings. The van der Waals surface area contributed by atoms with Crippen LogP contribution in [0.1, 0.15) is 82.6 Å². The van der Waals surface area contributed by atoms with Crippen molar-refractivity contribution in [2.75, 3.05) is 0 Å². The first kappa shape index (κ1) is 28.9. The molecule has 2 aromatic rings. The summed E-state index contributed by atoms with van der Waals surface area (Å²) in [6, 6.07) is 10.2. The third-order valence-electron chi connectivity index (χ3n) is 8.98. The molecule has 6 nitrogen and oxygen atoms in total. The maximum absolute atomic E-state index is 13.4. The van der Waals surface area contributed by atoms with E-state index in [2.05, 4.69) is 53.3 Å². The average Bonchev–Trinajstić information content (AvgIpc) is 2.85. The quantitative estimate of drug-likeness (QED) is 0.305. The summed E-state index contributed by atoms with van der Waals surface area (Å²) < 4.78 is 0. The zero-order valence-electron chi connectivity index (χ0n) is 24.8. The van der Waals surface area contributed by atoms with Crippen molar-refractivity contribution < 1.29 is 30.0 Å². The van der Waals surface area contributed by atoms with E-state index in [-0.39, 0.29) is 35.2 Å². The number of phenolic OH excluding ortho intramolecular Hbond substituents is 1. The van der Waals surface area contributed by atoms with Crippen molar-refractivity contribution in [1.29, 1.82) is 0 Å². The normalized spacial score (nSPS) is 24.4. The molecule has 0 saturated carbocycles. The molecule has 216 valence electrons. The molecule has 2 aromatic carbocycles. The number of aromatic hydroxyl groups is 1. The summed E-state index contributed by atoms with van der Waals surface area (Å²) >= 11 is 0.